The maximum absolute atomic E-state index is 11.8. The molecule has 0 unspecified atom stereocenters. The number of hydrogen-bond donors (Lipinski definition) is 0. The summed E-state index contributed by atoms with van der Waals surface area (Å²) < 4.78 is 1.35. The Balaban J connectivity index is 1.48. The molecule has 1 saturated heterocycles. The topological polar surface area (TPSA) is 67.2 Å². The predicted octanol–water partition coefficient (Wildman–Crippen LogP) is 1.08. The van der Waals surface area contributed by atoms with Crippen LogP contribution in [0.3, 0.4) is 0 Å². The third-order valence-corrected chi connectivity index (χ3v) is 4.72. The second-order valence-corrected chi connectivity index (χ2v) is 6.65. The molecule has 4 rings (SSSR count). The van der Waals surface area contributed by atoms with E-state index in [2.05, 4.69) is 25.9 Å². The summed E-state index contributed by atoms with van der Waals surface area (Å²) >= 11 is 0. The average molecular weight is 326 g/mol. The summed E-state index contributed by atoms with van der Waals surface area (Å²) in [6.45, 7) is 5.53. The molecule has 7 nitrogen and oxygen atoms in total. The van der Waals surface area contributed by atoms with Gasteiger partial charge in [-0.25, -0.2) is 14.6 Å². The Labute approximate surface area is 140 Å². The summed E-state index contributed by atoms with van der Waals surface area (Å²) in [6.07, 6.45) is 4.19. The van der Waals surface area contributed by atoms with E-state index in [0.717, 1.165) is 49.2 Å². The van der Waals surface area contributed by atoms with E-state index in [9.17, 15) is 4.79 Å². The van der Waals surface area contributed by atoms with Crippen molar-refractivity contribution in [1.29, 1.82) is 0 Å². The summed E-state index contributed by atoms with van der Waals surface area (Å²) in [5, 5.41) is 4.11. The molecule has 0 aromatic carbocycles. The number of anilines is 2. The highest BCUT2D eigenvalue weighted by molar-refractivity contribution is 5.47. The minimum Gasteiger partial charge on any atom is -0.367 e. The molecule has 2 fully saturated rings. The van der Waals surface area contributed by atoms with Crippen molar-refractivity contribution in [3.63, 3.8) is 0 Å². The SMILES string of the molecule is Cc1cc(N2CCN(c3cnn(C)c(=O)c3)CC2)nc(C2CC2)n1. The fourth-order valence-electron chi connectivity index (χ4n) is 3.09. The van der Waals surface area contributed by atoms with E-state index in [0.29, 0.717) is 5.92 Å². The molecule has 2 aromatic heterocycles. The molecule has 24 heavy (non-hydrogen) atoms. The first-order valence-electron chi connectivity index (χ1n) is 8.49. The molecule has 0 amide bonds. The molecule has 0 atom stereocenters. The lowest BCUT2D eigenvalue weighted by molar-refractivity contribution is 0.635. The molecule has 3 heterocycles. The summed E-state index contributed by atoms with van der Waals surface area (Å²) in [6, 6.07) is 3.73. The van der Waals surface area contributed by atoms with E-state index in [4.69, 9.17) is 4.98 Å². The quantitative estimate of drug-likeness (QED) is 0.841. The fraction of sp³-hybridized carbons (Fsp3) is 0.529. The number of hydrogen-bond acceptors (Lipinski definition) is 6. The van der Waals surface area contributed by atoms with Crippen LogP contribution in [0, 0.1) is 6.92 Å². The lowest BCUT2D eigenvalue weighted by Crippen LogP contribution is -2.47. The van der Waals surface area contributed by atoms with Gasteiger partial charge in [0.05, 0.1) is 11.9 Å². The van der Waals surface area contributed by atoms with Crippen LogP contribution in [0.25, 0.3) is 0 Å². The lowest BCUT2D eigenvalue weighted by Gasteiger charge is -2.36. The minimum atomic E-state index is -0.0737. The zero-order valence-corrected chi connectivity index (χ0v) is 14.1. The van der Waals surface area contributed by atoms with E-state index in [1.165, 1.54) is 17.5 Å². The molecule has 0 N–H and O–H groups in total. The molecule has 2 aliphatic rings. The highest BCUT2D eigenvalue weighted by Gasteiger charge is 2.28. The van der Waals surface area contributed by atoms with Crippen LogP contribution in [0.2, 0.25) is 0 Å². The van der Waals surface area contributed by atoms with Gasteiger partial charge in [-0.05, 0) is 19.8 Å². The standard InChI is InChI=1S/C17H22N6O/c1-12-9-15(20-17(19-12)13-3-4-13)23-7-5-22(6-8-23)14-10-16(24)21(2)18-11-14/h9-11,13H,3-8H2,1-2H3. The van der Waals surface area contributed by atoms with Crippen LogP contribution in [0.4, 0.5) is 11.5 Å². The second-order valence-electron chi connectivity index (χ2n) is 6.65. The Morgan fingerprint density at radius 3 is 2.42 bits per heavy atom. The molecule has 7 heteroatoms. The molecule has 1 saturated carbocycles. The molecule has 1 aliphatic carbocycles. The molecule has 0 spiro atoms. The van der Waals surface area contributed by atoms with Crippen LogP contribution in [0.15, 0.2) is 23.1 Å². The van der Waals surface area contributed by atoms with E-state index >= 15 is 0 Å². The maximum atomic E-state index is 11.8. The minimum absolute atomic E-state index is 0.0737. The van der Waals surface area contributed by atoms with Gasteiger partial charge >= 0.3 is 0 Å². The number of aromatic nitrogens is 4. The summed E-state index contributed by atoms with van der Waals surface area (Å²) in [7, 11) is 1.67. The molecule has 126 valence electrons. The second kappa shape index (κ2) is 5.89. The van der Waals surface area contributed by atoms with Crippen molar-refractivity contribution in [2.45, 2.75) is 25.7 Å². The smallest absolute Gasteiger partial charge is 0.268 e. The van der Waals surface area contributed by atoms with E-state index in [1.54, 1.807) is 19.3 Å². The first-order chi connectivity index (χ1) is 11.6. The molecular weight excluding hydrogens is 304 g/mol. The fourth-order valence-corrected chi connectivity index (χ4v) is 3.09. The lowest BCUT2D eigenvalue weighted by atomic mass is 10.2. The van der Waals surface area contributed by atoms with Crippen molar-refractivity contribution in [3.05, 3.63) is 40.2 Å². The Bertz CT molecular complexity index is 805. The van der Waals surface area contributed by atoms with Crippen molar-refractivity contribution < 1.29 is 0 Å². The largest absolute Gasteiger partial charge is 0.367 e. The number of piperazine rings is 1. The Morgan fingerprint density at radius 1 is 1.04 bits per heavy atom. The maximum Gasteiger partial charge on any atom is 0.268 e. The third-order valence-electron chi connectivity index (χ3n) is 4.72. The van der Waals surface area contributed by atoms with Crippen molar-refractivity contribution in [1.82, 2.24) is 19.7 Å². The van der Waals surface area contributed by atoms with Gasteiger partial charge in [0, 0.05) is 57.0 Å². The average Bonchev–Trinajstić information content (AvgIpc) is 3.42. The summed E-state index contributed by atoms with van der Waals surface area (Å²) in [4.78, 5) is 25.6. The number of rotatable bonds is 3. The third kappa shape index (κ3) is 2.98. The van der Waals surface area contributed by atoms with Crippen molar-refractivity contribution in [2.24, 2.45) is 7.05 Å². The molecular formula is C17H22N6O. The van der Waals surface area contributed by atoms with Gasteiger partial charge in [0.15, 0.2) is 0 Å². The predicted molar refractivity (Wildman–Crippen MR) is 92.6 cm³/mol. The zero-order valence-electron chi connectivity index (χ0n) is 14.1. The highest BCUT2D eigenvalue weighted by Crippen LogP contribution is 2.38. The van der Waals surface area contributed by atoms with Gasteiger partial charge in [-0.3, -0.25) is 4.79 Å². The van der Waals surface area contributed by atoms with Gasteiger partial charge in [-0.1, -0.05) is 0 Å². The van der Waals surface area contributed by atoms with Gasteiger partial charge < -0.3 is 9.80 Å². The van der Waals surface area contributed by atoms with E-state index < -0.39 is 0 Å². The van der Waals surface area contributed by atoms with Crippen LogP contribution >= 0.6 is 0 Å². The van der Waals surface area contributed by atoms with Gasteiger partial charge in [0.2, 0.25) is 0 Å². The Morgan fingerprint density at radius 2 is 1.75 bits per heavy atom. The van der Waals surface area contributed by atoms with Gasteiger partial charge in [0.1, 0.15) is 11.6 Å². The van der Waals surface area contributed by atoms with Crippen LogP contribution in [-0.2, 0) is 7.05 Å². The first kappa shape index (κ1) is 15.1. The van der Waals surface area contributed by atoms with Crippen molar-refractivity contribution in [2.75, 3.05) is 36.0 Å². The molecule has 2 aromatic rings. The van der Waals surface area contributed by atoms with E-state index in [1.807, 2.05) is 6.92 Å². The van der Waals surface area contributed by atoms with Crippen molar-refractivity contribution >= 4 is 11.5 Å². The highest BCUT2D eigenvalue weighted by atomic mass is 16.1. The molecule has 0 radical (unpaired) electrons. The van der Waals surface area contributed by atoms with Crippen molar-refractivity contribution in [3.8, 4) is 0 Å². The van der Waals surface area contributed by atoms with Crippen LogP contribution in [0.5, 0.6) is 0 Å². The Kier molecular flexibility index (Phi) is 3.70. The molecule has 1 aliphatic heterocycles. The van der Waals surface area contributed by atoms with Gasteiger partial charge in [-0.2, -0.15) is 5.10 Å². The van der Waals surface area contributed by atoms with Crippen LogP contribution in [-0.4, -0.2) is 45.9 Å². The first-order valence-corrected chi connectivity index (χ1v) is 8.49. The summed E-state index contributed by atoms with van der Waals surface area (Å²) in [5.74, 6) is 2.60. The number of aryl methyl sites for hydroxylation is 2. The van der Waals surface area contributed by atoms with Gasteiger partial charge in [0.25, 0.3) is 5.56 Å². The van der Waals surface area contributed by atoms with E-state index in [-0.39, 0.29) is 5.56 Å². The monoisotopic (exact) mass is 326 g/mol. The molecule has 0 bridgehead atoms. The Hall–Kier alpha value is -2.44. The van der Waals surface area contributed by atoms with Crippen LogP contribution in [0.1, 0.15) is 30.3 Å². The zero-order chi connectivity index (χ0) is 16.7. The van der Waals surface area contributed by atoms with Crippen LogP contribution < -0.4 is 15.4 Å². The number of nitrogens with zero attached hydrogens (tertiary/aromatic N) is 6. The normalized spacial score (nSPS) is 18.1. The van der Waals surface area contributed by atoms with Gasteiger partial charge in [-0.15, -0.1) is 0 Å². The summed E-state index contributed by atoms with van der Waals surface area (Å²) in [5.41, 5.74) is 1.87.